The molecule has 0 bridgehead atoms. The van der Waals surface area contributed by atoms with Gasteiger partial charge in [-0.2, -0.15) is 0 Å². The molecule has 0 radical (unpaired) electrons. The molecule has 1 amide bonds. The molecule has 5 nitrogen and oxygen atoms in total. The lowest BCUT2D eigenvalue weighted by Crippen LogP contribution is -2.19. The van der Waals surface area contributed by atoms with Crippen LogP contribution in [0.15, 0.2) is 62.9 Å². The van der Waals surface area contributed by atoms with Crippen LogP contribution in [0.1, 0.15) is 15.9 Å². The highest BCUT2D eigenvalue weighted by molar-refractivity contribution is 9.10. The number of amides is 1. The number of carbonyl (C=O) groups excluding carboxylic acids is 2. The van der Waals surface area contributed by atoms with Crippen molar-refractivity contribution >= 4 is 56.5 Å². The van der Waals surface area contributed by atoms with Gasteiger partial charge in [-0.15, -0.1) is 0 Å². The van der Waals surface area contributed by atoms with Gasteiger partial charge in [-0.05, 0) is 63.6 Å². The van der Waals surface area contributed by atoms with Crippen LogP contribution in [0.2, 0.25) is 0 Å². The number of carbonyl (C=O) groups is 2. The maximum atomic E-state index is 12.1. The van der Waals surface area contributed by atoms with Gasteiger partial charge in [0.25, 0.3) is 5.91 Å². The van der Waals surface area contributed by atoms with Gasteiger partial charge in [0.15, 0.2) is 5.17 Å². The summed E-state index contributed by atoms with van der Waals surface area (Å²) in [6.07, 6.45) is 1.75. The standard InChI is InChI=1S/C18H13BrN2O3S/c1-24-17(23)12-8-6-11(7-9-12)10-15-16(22)21-18(25-15)20-14-5-3-2-4-13(14)19/h2-10H,1H3,(H,20,21,22)/b15-10-. The molecule has 0 unspecified atom stereocenters. The lowest BCUT2D eigenvalue weighted by molar-refractivity contribution is -0.115. The predicted molar refractivity (Wildman–Crippen MR) is 103 cm³/mol. The van der Waals surface area contributed by atoms with Crippen LogP contribution in [0, 0.1) is 0 Å². The number of nitrogens with zero attached hydrogens (tertiary/aromatic N) is 1. The Bertz CT molecular complexity index is 891. The molecule has 3 rings (SSSR count). The summed E-state index contributed by atoms with van der Waals surface area (Å²) in [5.74, 6) is -0.595. The molecular formula is C18H13BrN2O3S. The number of para-hydroxylation sites is 1. The first kappa shape index (κ1) is 17.4. The van der Waals surface area contributed by atoms with Gasteiger partial charge in [-0.25, -0.2) is 9.79 Å². The molecule has 7 heteroatoms. The van der Waals surface area contributed by atoms with Crippen molar-refractivity contribution in [3.63, 3.8) is 0 Å². The van der Waals surface area contributed by atoms with Crippen molar-refractivity contribution in [2.45, 2.75) is 0 Å². The summed E-state index contributed by atoms with van der Waals surface area (Å²) in [6, 6.07) is 14.4. The first-order chi connectivity index (χ1) is 12.1. The van der Waals surface area contributed by atoms with Crippen molar-refractivity contribution in [1.82, 2.24) is 5.32 Å². The second-order valence-electron chi connectivity index (χ2n) is 5.05. The third-order valence-corrected chi connectivity index (χ3v) is 4.94. The monoisotopic (exact) mass is 416 g/mol. The Labute approximate surface area is 157 Å². The molecule has 0 aromatic heterocycles. The van der Waals surface area contributed by atoms with Gasteiger partial charge in [0.1, 0.15) is 0 Å². The maximum absolute atomic E-state index is 12.1. The topological polar surface area (TPSA) is 67.8 Å². The fourth-order valence-electron chi connectivity index (χ4n) is 2.12. The van der Waals surface area contributed by atoms with E-state index in [1.54, 1.807) is 30.3 Å². The number of nitrogens with one attached hydrogen (secondary N) is 1. The van der Waals surface area contributed by atoms with E-state index in [0.29, 0.717) is 15.6 Å². The van der Waals surface area contributed by atoms with E-state index in [2.05, 4.69) is 31.0 Å². The fourth-order valence-corrected chi connectivity index (χ4v) is 3.33. The Hall–Kier alpha value is -2.38. The smallest absolute Gasteiger partial charge is 0.337 e. The molecule has 126 valence electrons. The number of aliphatic imine (C=N–C) groups is 1. The van der Waals surface area contributed by atoms with Crippen molar-refractivity contribution in [2.75, 3.05) is 7.11 Å². The van der Waals surface area contributed by atoms with Crippen molar-refractivity contribution < 1.29 is 14.3 Å². The molecule has 0 aliphatic carbocycles. The van der Waals surface area contributed by atoms with Crippen LogP contribution in [-0.2, 0) is 9.53 Å². The summed E-state index contributed by atoms with van der Waals surface area (Å²) in [5.41, 5.74) is 2.02. The van der Waals surface area contributed by atoms with Gasteiger partial charge >= 0.3 is 5.97 Å². The van der Waals surface area contributed by atoms with Crippen LogP contribution < -0.4 is 5.32 Å². The van der Waals surface area contributed by atoms with E-state index >= 15 is 0 Å². The van der Waals surface area contributed by atoms with E-state index in [1.165, 1.54) is 18.9 Å². The summed E-state index contributed by atoms with van der Waals surface area (Å²) in [6.45, 7) is 0. The van der Waals surface area contributed by atoms with E-state index in [-0.39, 0.29) is 5.91 Å². The summed E-state index contributed by atoms with van der Waals surface area (Å²) in [5, 5.41) is 3.27. The Kier molecular flexibility index (Phi) is 5.35. The summed E-state index contributed by atoms with van der Waals surface area (Å²) in [4.78, 5) is 28.5. The predicted octanol–water partition coefficient (Wildman–Crippen LogP) is 4.13. The van der Waals surface area contributed by atoms with Gasteiger partial charge in [-0.3, -0.25) is 4.79 Å². The molecule has 1 fully saturated rings. The molecule has 1 N–H and O–H groups in total. The van der Waals surface area contributed by atoms with E-state index in [0.717, 1.165) is 15.7 Å². The Morgan fingerprint density at radius 1 is 1.20 bits per heavy atom. The van der Waals surface area contributed by atoms with Crippen LogP contribution >= 0.6 is 27.7 Å². The molecule has 25 heavy (non-hydrogen) atoms. The van der Waals surface area contributed by atoms with Crippen molar-refractivity contribution in [3.8, 4) is 0 Å². The number of benzene rings is 2. The minimum Gasteiger partial charge on any atom is -0.465 e. The molecule has 0 atom stereocenters. The number of thioether (sulfide) groups is 1. The van der Waals surface area contributed by atoms with E-state index in [4.69, 9.17) is 0 Å². The average Bonchev–Trinajstić information content (AvgIpc) is 2.96. The maximum Gasteiger partial charge on any atom is 0.337 e. The van der Waals surface area contributed by atoms with Gasteiger partial charge in [0, 0.05) is 4.47 Å². The Morgan fingerprint density at radius 3 is 2.60 bits per heavy atom. The first-order valence-corrected chi connectivity index (χ1v) is 8.90. The fraction of sp³-hybridized carbons (Fsp3) is 0.0556. The zero-order valence-electron chi connectivity index (χ0n) is 13.2. The Morgan fingerprint density at radius 2 is 1.92 bits per heavy atom. The summed E-state index contributed by atoms with van der Waals surface area (Å²) >= 11 is 4.70. The molecule has 1 saturated heterocycles. The van der Waals surface area contributed by atoms with E-state index in [9.17, 15) is 9.59 Å². The molecular weight excluding hydrogens is 404 g/mol. The molecule has 1 heterocycles. The lowest BCUT2D eigenvalue weighted by Gasteiger charge is -2.00. The van der Waals surface area contributed by atoms with Gasteiger partial charge in [-0.1, -0.05) is 24.3 Å². The molecule has 1 aliphatic rings. The highest BCUT2D eigenvalue weighted by Gasteiger charge is 2.24. The van der Waals surface area contributed by atoms with Crippen LogP contribution in [0.5, 0.6) is 0 Å². The number of ether oxygens (including phenoxy) is 1. The highest BCUT2D eigenvalue weighted by atomic mass is 79.9. The van der Waals surface area contributed by atoms with Crippen LogP contribution in [-0.4, -0.2) is 24.2 Å². The minimum atomic E-state index is -0.393. The van der Waals surface area contributed by atoms with E-state index < -0.39 is 5.97 Å². The van der Waals surface area contributed by atoms with Crippen LogP contribution in [0.3, 0.4) is 0 Å². The lowest BCUT2D eigenvalue weighted by atomic mass is 10.1. The second kappa shape index (κ2) is 7.67. The molecule has 0 saturated carbocycles. The van der Waals surface area contributed by atoms with Crippen molar-refractivity contribution in [1.29, 1.82) is 0 Å². The molecule has 2 aromatic carbocycles. The summed E-state index contributed by atoms with van der Waals surface area (Å²) in [7, 11) is 1.34. The third-order valence-electron chi connectivity index (χ3n) is 3.35. The number of amidine groups is 1. The molecule has 0 spiro atoms. The number of esters is 1. The number of methoxy groups -OCH3 is 1. The SMILES string of the molecule is COC(=O)c1ccc(/C=C2\SC(=Nc3ccccc3Br)NC2=O)cc1. The Balaban J connectivity index is 1.80. The van der Waals surface area contributed by atoms with Crippen molar-refractivity contribution in [3.05, 3.63) is 69.0 Å². The largest absolute Gasteiger partial charge is 0.465 e. The van der Waals surface area contributed by atoms with Crippen LogP contribution in [0.4, 0.5) is 5.69 Å². The number of halogens is 1. The highest BCUT2D eigenvalue weighted by Crippen LogP contribution is 2.30. The minimum absolute atomic E-state index is 0.201. The number of rotatable bonds is 3. The van der Waals surface area contributed by atoms with Gasteiger partial charge in [0.2, 0.25) is 0 Å². The zero-order chi connectivity index (χ0) is 17.8. The number of hydrogen-bond acceptors (Lipinski definition) is 5. The average molecular weight is 417 g/mol. The second-order valence-corrected chi connectivity index (χ2v) is 6.93. The zero-order valence-corrected chi connectivity index (χ0v) is 15.6. The van der Waals surface area contributed by atoms with Crippen LogP contribution in [0.25, 0.3) is 6.08 Å². The van der Waals surface area contributed by atoms with Crippen molar-refractivity contribution in [2.24, 2.45) is 4.99 Å². The molecule has 2 aromatic rings. The first-order valence-electron chi connectivity index (χ1n) is 7.29. The third kappa shape index (κ3) is 4.18. The van der Waals surface area contributed by atoms with E-state index in [1.807, 2.05) is 24.3 Å². The normalized spacial score (nSPS) is 17.0. The molecule has 1 aliphatic heterocycles. The van der Waals surface area contributed by atoms with Gasteiger partial charge < -0.3 is 10.1 Å². The van der Waals surface area contributed by atoms with Gasteiger partial charge in [0.05, 0.1) is 23.3 Å². The quantitative estimate of drug-likeness (QED) is 0.603. The number of hydrogen-bond donors (Lipinski definition) is 1. The summed E-state index contributed by atoms with van der Waals surface area (Å²) < 4.78 is 5.52.